The van der Waals surface area contributed by atoms with Gasteiger partial charge in [0, 0.05) is 6.61 Å². The number of hydrogen-bond donors (Lipinski definition) is 1. The van der Waals surface area contributed by atoms with E-state index in [4.69, 9.17) is 5.11 Å². The second-order valence-electron chi connectivity index (χ2n) is 3.76. The highest BCUT2D eigenvalue weighted by molar-refractivity contribution is 4.97. The Labute approximate surface area is 69.1 Å². The minimum absolute atomic E-state index is 0.323. The maximum absolute atomic E-state index is 8.92. The Morgan fingerprint density at radius 3 is 2.64 bits per heavy atom. The highest BCUT2D eigenvalue weighted by atomic mass is 16.3. The van der Waals surface area contributed by atoms with Gasteiger partial charge in [-0.25, -0.2) is 0 Å². The zero-order valence-electron chi connectivity index (χ0n) is 7.46. The van der Waals surface area contributed by atoms with Crippen molar-refractivity contribution in [1.82, 2.24) is 0 Å². The van der Waals surface area contributed by atoms with Crippen LogP contribution in [0, 0.1) is 17.8 Å². The van der Waals surface area contributed by atoms with E-state index >= 15 is 0 Å². The summed E-state index contributed by atoms with van der Waals surface area (Å²) in [5.41, 5.74) is 0. The van der Waals surface area contributed by atoms with Crippen molar-refractivity contribution < 1.29 is 5.11 Å². The number of allylic oxidation sites excluding steroid dienone is 2. The van der Waals surface area contributed by atoms with E-state index in [1.54, 1.807) is 0 Å². The summed E-state index contributed by atoms with van der Waals surface area (Å²) in [5, 5.41) is 8.92. The van der Waals surface area contributed by atoms with Gasteiger partial charge in [0.25, 0.3) is 0 Å². The van der Waals surface area contributed by atoms with Crippen LogP contribution in [0.15, 0.2) is 12.2 Å². The minimum atomic E-state index is 0.323. The van der Waals surface area contributed by atoms with Gasteiger partial charge in [-0.15, -0.1) is 0 Å². The summed E-state index contributed by atoms with van der Waals surface area (Å²) in [5.74, 6) is 1.81. The molecule has 1 nitrogen and oxygen atoms in total. The topological polar surface area (TPSA) is 20.2 Å². The molecule has 0 spiro atoms. The van der Waals surface area contributed by atoms with Crippen LogP contribution in [0.4, 0.5) is 0 Å². The van der Waals surface area contributed by atoms with Crippen molar-refractivity contribution in [3.05, 3.63) is 12.2 Å². The predicted molar refractivity (Wildman–Crippen MR) is 47.3 cm³/mol. The number of aliphatic hydroxyl groups excluding tert-OH is 1. The summed E-state index contributed by atoms with van der Waals surface area (Å²) >= 11 is 0. The molecule has 0 aliphatic heterocycles. The van der Waals surface area contributed by atoms with E-state index in [2.05, 4.69) is 26.0 Å². The molecule has 0 bridgehead atoms. The number of rotatable bonds is 2. The van der Waals surface area contributed by atoms with E-state index in [0.29, 0.717) is 18.4 Å². The third kappa shape index (κ3) is 2.33. The van der Waals surface area contributed by atoms with Crippen LogP contribution in [0.1, 0.15) is 26.7 Å². The largest absolute Gasteiger partial charge is 0.396 e. The normalized spacial score (nSPS) is 33.7. The lowest BCUT2D eigenvalue weighted by Crippen LogP contribution is -2.17. The Hall–Kier alpha value is -0.300. The van der Waals surface area contributed by atoms with Gasteiger partial charge in [-0.2, -0.15) is 0 Å². The summed E-state index contributed by atoms with van der Waals surface area (Å²) in [6, 6.07) is 0. The Bertz CT molecular complexity index is 140. The fourth-order valence-electron chi connectivity index (χ4n) is 1.59. The first-order valence-corrected chi connectivity index (χ1v) is 4.53. The monoisotopic (exact) mass is 154 g/mol. The molecule has 1 N–H and O–H groups in total. The van der Waals surface area contributed by atoms with Gasteiger partial charge in [0.05, 0.1) is 0 Å². The lowest BCUT2D eigenvalue weighted by atomic mass is 9.83. The Kier molecular flexibility index (Phi) is 3.13. The van der Waals surface area contributed by atoms with E-state index < -0.39 is 0 Å². The van der Waals surface area contributed by atoms with Crippen LogP contribution in [0.25, 0.3) is 0 Å². The van der Waals surface area contributed by atoms with Gasteiger partial charge in [-0.1, -0.05) is 26.0 Å². The number of hydrogen-bond acceptors (Lipinski definition) is 1. The first-order chi connectivity index (χ1) is 5.24. The van der Waals surface area contributed by atoms with Gasteiger partial charge in [0.1, 0.15) is 0 Å². The fraction of sp³-hybridized carbons (Fsp3) is 0.800. The third-order valence-electron chi connectivity index (χ3n) is 2.66. The molecule has 1 rings (SSSR count). The molecule has 3 atom stereocenters. The molecule has 0 amide bonds. The van der Waals surface area contributed by atoms with Crippen LogP contribution < -0.4 is 0 Å². The van der Waals surface area contributed by atoms with Gasteiger partial charge in [0.15, 0.2) is 0 Å². The molecule has 0 aromatic carbocycles. The quantitative estimate of drug-likeness (QED) is 0.605. The van der Waals surface area contributed by atoms with Gasteiger partial charge < -0.3 is 5.11 Å². The average Bonchev–Trinajstić information content (AvgIpc) is 2.05. The molecule has 0 fully saturated rings. The van der Waals surface area contributed by atoms with E-state index in [0.717, 1.165) is 5.92 Å². The lowest BCUT2D eigenvalue weighted by molar-refractivity contribution is 0.196. The van der Waals surface area contributed by atoms with Crippen LogP contribution in [-0.2, 0) is 0 Å². The van der Waals surface area contributed by atoms with Crippen molar-refractivity contribution >= 4 is 0 Å². The molecular weight excluding hydrogens is 136 g/mol. The van der Waals surface area contributed by atoms with Crippen LogP contribution in [0.3, 0.4) is 0 Å². The van der Waals surface area contributed by atoms with Gasteiger partial charge >= 0.3 is 0 Å². The Balaban J connectivity index is 2.43. The van der Waals surface area contributed by atoms with Crippen molar-refractivity contribution in [1.29, 1.82) is 0 Å². The van der Waals surface area contributed by atoms with Crippen molar-refractivity contribution in [2.24, 2.45) is 17.8 Å². The van der Waals surface area contributed by atoms with Crippen molar-refractivity contribution in [2.75, 3.05) is 6.61 Å². The van der Waals surface area contributed by atoms with Gasteiger partial charge in [0.2, 0.25) is 0 Å². The first-order valence-electron chi connectivity index (χ1n) is 4.53. The molecular formula is C10H18O. The molecule has 0 heterocycles. The summed E-state index contributed by atoms with van der Waals surface area (Å²) in [6.45, 7) is 4.69. The molecule has 3 unspecified atom stereocenters. The van der Waals surface area contributed by atoms with Crippen molar-refractivity contribution in [3.8, 4) is 0 Å². The second-order valence-corrected chi connectivity index (χ2v) is 3.76. The van der Waals surface area contributed by atoms with E-state index in [1.807, 2.05) is 0 Å². The lowest BCUT2D eigenvalue weighted by Gasteiger charge is -2.24. The molecule has 0 radical (unpaired) electrons. The summed E-state index contributed by atoms with van der Waals surface area (Å²) in [4.78, 5) is 0. The molecule has 0 aromatic rings. The molecule has 11 heavy (non-hydrogen) atoms. The molecule has 1 aliphatic carbocycles. The van der Waals surface area contributed by atoms with E-state index in [1.165, 1.54) is 12.8 Å². The maximum atomic E-state index is 8.92. The predicted octanol–water partition coefficient (Wildman–Crippen LogP) is 2.22. The smallest absolute Gasteiger partial charge is 0.0462 e. The average molecular weight is 154 g/mol. The fourth-order valence-corrected chi connectivity index (χ4v) is 1.59. The number of aliphatic hydroxyl groups is 1. The molecule has 64 valence electrons. The van der Waals surface area contributed by atoms with E-state index in [9.17, 15) is 0 Å². The zero-order chi connectivity index (χ0) is 8.27. The SMILES string of the molecule is CC1C=CC(C(C)CO)CC1. The second kappa shape index (κ2) is 3.91. The van der Waals surface area contributed by atoms with Gasteiger partial charge in [-0.05, 0) is 30.6 Å². The van der Waals surface area contributed by atoms with Crippen molar-refractivity contribution in [3.63, 3.8) is 0 Å². The highest BCUT2D eigenvalue weighted by Crippen LogP contribution is 2.26. The van der Waals surface area contributed by atoms with Crippen LogP contribution in [0.5, 0.6) is 0 Å². The molecule has 1 heteroatoms. The van der Waals surface area contributed by atoms with Crippen LogP contribution >= 0.6 is 0 Å². The molecule has 0 saturated heterocycles. The maximum Gasteiger partial charge on any atom is 0.0462 e. The molecule has 0 aromatic heterocycles. The van der Waals surface area contributed by atoms with E-state index in [-0.39, 0.29) is 0 Å². The van der Waals surface area contributed by atoms with Crippen LogP contribution in [-0.4, -0.2) is 11.7 Å². The summed E-state index contributed by atoms with van der Waals surface area (Å²) in [7, 11) is 0. The molecule has 1 aliphatic rings. The summed E-state index contributed by atoms with van der Waals surface area (Å²) < 4.78 is 0. The third-order valence-corrected chi connectivity index (χ3v) is 2.66. The van der Waals surface area contributed by atoms with Crippen LogP contribution in [0.2, 0.25) is 0 Å². The standard InChI is InChI=1S/C10H18O/c1-8-3-5-10(6-4-8)9(2)7-11/h3,5,8-11H,4,6-7H2,1-2H3. The molecule has 0 saturated carbocycles. The Morgan fingerprint density at radius 2 is 2.18 bits per heavy atom. The zero-order valence-corrected chi connectivity index (χ0v) is 7.46. The Morgan fingerprint density at radius 1 is 1.45 bits per heavy atom. The minimum Gasteiger partial charge on any atom is -0.396 e. The highest BCUT2D eigenvalue weighted by Gasteiger charge is 2.17. The first kappa shape index (κ1) is 8.79. The summed E-state index contributed by atoms with van der Waals surface area (Å²) in [6.07, 6.45) is 7.08. The van der Waals surface area contributed by atoms with Gasteiger partial charge in [-0.3, -0.25) is 0 Å². The van der Waals surface area contributed by atoms with Crippen molar-refractivity contribution in [2.45, 2.75) is 26.7 Å².